The summed E-state index contributed by atoms with van der Waals surface area (Å²) in [6.45, 7) is 0.261. The van der Waals surface area contributed by atoms with Crippen LogP contribution in [0.1, 0.15) is 11.6 Å². The van der Waals surface area contributed by atoms with E-state index in [1.54, 1.807) is 12.1 Å². The third-order valence-electron chi connectivity index (χ3n) is 1.61. The Labute approximate surface area is 84.3 Å². The molecule has 4 heteroatoms. The van der Waals surface area contributed by atoms with Crippen molar-refractivity contribution >= 4 is 22.6 Å². The Hall–Kier alpha value is -0.200. The van der Waals surface area contributed by atoms with E-state index in [0.717, 1.165) is 3.57 Å². The normalized spacial score (nSPS) is 13.0. The lowest BCUT2D eigenvalue weighted by atomic mass is 10.1. The van der Waals surface area contributed by atoms with Crippen LogP contribution in [0.3, 0.4) is 0 Å². The Bertz CT molecular complexity index is 278. The molecule has 0 bridgehead atoms. The summed E-state index contributed by atoms with van der Waals surface area (Å²) in [6, 6.07) is 4.42. The van der Waals surface area contributed by atoms with Gasteiger partial charge in [-0.2, -0.15) is 0 Å². The molecule has 0 spiro atoms. The van der Waals surface area contributed by atoms with E-state index in [4.69, 9.17) is 11.5 Å². The van der Waals surface area contributed by atoms with Crippen molar-refractivity contribution < 1.29 is 4.39 Å². The summed E-state index contributed by atoms with van der Waals surface area (Å²) < 4.78 is 14.0. The number of rotatable bonds is 2. The van der Waals surface area contributed by atoms with Crippen molar-refractivity contribution in [2.45, 2.75) is 6.04 Å². The van der Waals surface area contributed by atoms with Crippen LogP contribution in [0.15, 0.2) is 18.2 Å². The van der Waals surface area contributed by atoms with Gasteiger partial charge < -0.3 is 11.5 Å². The standard InChI is InChI=1S/C8H10FIN2/c9-7-2-1-5(10)3-6(7)8(12)4-11/h1-3,8H,4,11-12H2/t8-/m1/s1. The molecule has 0 aliphatic rings. The molecule has 0 aromatic heterocycles. The number of hydrogen-bond donors (Lipinski definition) is 2. The predicted molar refractivity (Wildman–Crippen MR) is 55.1 cm³/mol. The molecule has 0 amide bonds. The molecule has 1 rings (SSSR count). The van der Waals surface area contributed by atoms with Crippen LogP contribution >= 0.6 is 22.6 Å². The van der Waals surface area contributed by atoms with Gasteiger partial charge in [0.05, 0.1) is 0 Å². The van der Waals surface area contributed by atoms with E-state index >= 15 is 0 Å². The van der Waals surface area contributed by atoms with E-state index in [0.29, 0.717) is 5.56 Å². The maximum absolute atomic E-state index is 13.1. The highest BCUT2D eigenvalue weighted by molar-refractivity contribution is 14.1. The monoisotopic (exact) mass is 280 g/mol. The fourth-order valence-corrected chi connectivity index (χ4v) is 1.44. The number of benzene rings is 1. The molecule has 0 aliphatic heterocycles. The first-order chi connectivity index (χ1) is 5.65. The average Bonchev–Trinajstić information content (AvgIpc) is 2.08. The molecule has 0 aliphatic carbocycles. The summed E-state index contributed by atoms with van der Waals surface area (Å²) in [5.74, 6) is -0.284. The Morgan fingerprint density at radius 3 is 2.75 bits per heavy atom. The lowest BCUT2D eigenvalue weighted by Gasteiger charge is -2.10. The Kier molecular flexibility index (Phi) is 3.42. The molecular formula is C8H10FIN2. The molecular weight excluding hydrogens is 270 g/mol. The summed E-state index contributed by atoms with van der Waals surface area (Å²) in [7, 11) is 0. The smallest absolute Gasteiger partial charge is 0.128 e. The fraction of sp³-hybridized carbons (Fsp3) is 0.250. The van der Waals surface area contributed by atoms with E-state index in [1.165, 1.54) is 6.07 Å². The van der Waals surface area contributed by atoms with E-state index in [-0.39, 0.29) is 12.4 Å². The van der Waals surface area contributed by atoms with E-state index in [1.807, 2.05) is 0 Å². The summed E-state index contributed by atoms with van der Waals surface area (Å²) in [5.41, 5.74) is 11.4. The van der Waals surface area contributed by atoms with E-state index < -0.39 is 6.04 Å². The molecule has 0 unspecified atom stereocenters. The summed E-state index contributed by atoms with van der Waals surface area (Å²) in [4.78, 5) is 0. The van der Waals surface area contributed by atoms with Gasteiger partial charge in [-0.25, -0.2) is 4.39 Å². The highest BCUT2D eigenvalue weighted by Crippen LogP contribution is 2.17. The number of hydrogen-bond acceptors (Lipinski definition) is 2. The van der Waals surface area contributed by atoms with Gasteiger partial charge in [-0.05, 0) is 40.8 Å². The Morgan fingerprint density at radius 2 is 2.17 bits per heavy atom. The van der Waals surface area contributed by atoms with Crippen LogP contribution in [0.5, 0.6) is 0 Å². The number of nitrogens with two attached hydrogens (primary N) is 2. The van der Waals surface area contributed by atoms with E-state index in [2.05, 4.69) is 22.6 Å². The van der Waals surface area contributed by atoms with Gasteiger partial charge in [-0.1, -0.05) is 0 Å². The van der Waals surface area contributed by atoms with E-state index in [9.17, 15) is 4.39 Å². The lowest BCUT2D eigenvalue weighted by molar-refractivity contribution is 0.583. The minimum Gasteiger partial charge on any atom is -0.329 e. The average molecular weight is 280 g/mol. The maximum atomic E-state index is 13.1. The zero-order valence-electron chi connectivity index (χ0n) is 6.43. The van der Waals surface area contributed by atoms with Crippen LogP contribution in [-0.2, 0) is 0 Å². The quantitative estimate of drug-likeness (QED) is 0.804. The zero-order chi connectivity index (χ0) is 9.14. The van der Waals surface area contributed by atoms with Crippen LogP contribution < -0.4 is 11.5 Å². The Balaban J connectivity index is 3.04. The molecule has 0 heterocycles. The van der Waals surface area contributed by atoms with Crippen molar-refractivity contribution in [2.24, 2.45) is 11.5 Å². The molecule has 0 saturated heterocycles. The van der Waals surface area contributed by atoms with Crippen LogP contribution in [0.4, 0.5) is 4.39 Å². The molecule has 1 aromatic rings. The highest BCUT2D eigenvalue weighted by atomic mass is 127. The van der Waals surface area contributed by atoms with Gasteiger partial charge in [-0.3, -0.25) is 0 Å². The third kappa shape index (κ3) is 2.15. The van der Waals surface area contributed by atoms with Crippen molar-refractivity contribution in [3.05, 3.63) is 33.1 Å². The second-order valence-corrected chi connectivity index (χ2v) is 3.75. The molecule has 1 aromatic carbocycles. The summed E-state index contributed by atoms with van der Waals surface area (Å²) >= 11 is 2.11. The lowest BCUT2D eigenvalue weighted by Crippen LogP contribution is -2.21. The largest absolute Gasteiger partial charge is 0.329 e. The van der Waals surface area contributed by atoms with Crippen LogP contribution in [0.25, 0.3) is 0 Å². The van der Waals surface area contributed by atoms with Crippen molar-refractivity contribution in [1.82, 2.24) is 0 Å². The van der Waals surface area contributed by atoms with Gasteiger partial charge in [-0.15, -0.1) is 0 Å². The van der Waals surface area contributed by atoms with Crippen molar-refractivity contribution in [2.75, 3.05) is 6.54 Å². The molecule has 0 radical (unpaired) electrons. The van der Waals surface area contributed by atoms with Crippen molar-refractivity contribution in [3.8, 4) is 0 Å². The van der Waals surface area contributed by atoms with Gasteiger partial charge in [0, 0.05) is 21.7 Å². The zero-order valence-corrected chi connectivity index (χ0v) is 8.58. The highest BCUT2D eigenvalue weighted by Gasteiger charge is 2.09. The predicted octanol–water partition coefficient (Wildman–Crippen LogP) is 1.39. The molecule has 0 fully saturated rings. The van der Waals surface area contributed by atoms with Crippen molar-refractivity contribution in [1.29, 1.82) is 0 Å². The SMILES string of the molecule is NC[C@@H](N)c1cc(I)ccc1F. The van der Waals surface area contributed by atoms with Crippen LogP contribution in [-0.4, -0.2) is 6.54 Å². The molecule has 4 N–H and O–H groups in total. The minimum absolute atomic E-state index is 0.261. The first-order valence-corrected chi connectivity index (χ1v) is 4.63. The third-order valence-corrected chi connectivity index (χ3v) is 2.28. The molecule has 1 atom stereocenters. The second-order valence-electron chi connectivity index (χ2n) is 2.51. The molecule has 2 nitrogen and oxygen atoms in total. The number of halogens is 2. The minimum atomic E-state index is -0.403. The van der Waals surface area contributed by atoms with Gasteiger partial charge in [0.25, 0.3) is 0 Å². The van der Waals surface area contributed by atoms with Crippen LogP contribution in [0, 0.1) is 9.39 Å². The molecule has 12 heavy (non-hydrogen) atoms. The van der Waals surface area contributed by atoms with Gasteiger partial charge >= 0.3 is 0 Å². The maximum Gasteiger partial charge on any atom is 0.128 e. The van der Waals surface area contributed by atoms with Gasteiger partial charge in [0.1, 0.15) is 5.82 Å². The fourth-order valence-electron chi connectivity index (χ4n) is 0.926. The van der Waals surface area contributed by atoms with Crippen molar-refractivity contribution in [3.63, 3.8) is 0 Å². The van der Waals surface area contributed by atoms with Crippen LogP contribution in [0.2, 0.25) is 0 Å². The molecule has 0 saturated carbocycles. The Morgan fingerprint density at radius 1 is 1.50 bits per heavy atom. The summed E-state index contributed by atoms with van der Waals surface area (Å²) in [6.07, 6.45) is 0. The second kappa shape index (κ2) is 4.15. The topological polar surface area (TPSA) is 52.0 Å². The van der Waals surface area contributed by atoms with Gasteiger partial charge in [0.15, 0.2) is 0 Å². The first kappa shape index (κ1) is 9.88. The molecule has 66 valence electrons. The summed E-state index contributed by atoms with van der Waals surface area (Å²) in [5, 5.41) is 0. The first-order valence-electron chi connectivity index (χ1n) is 3.55. The van der Waals surface area contributed by atoms with Gasteiger partial charge in [0.2, 0.25) is 0 Å².